The van der Waals surface area contributed by atoms with Crippen molar-refractivity contribution in [2.75, 3.05) is 6.61 Å². The van der Waals surface area contributed by atoms with Gasteiger partial charge in [-0.15, -0.1) is 0 Å². The highest BCUT2D eigenvalue weighted by molar-refractivity contribution is 5.88. The molecule has 0 unspecified atom stereocenters. The molecule has 1 aliphatic heterocycles. The van der Waals surface area contributed by atoms with E-state index in [0.717, 1.165) is 27.9 Å². The summed E-state index contributed by atoms with van der Waals surface area (Å²) in [4.78, 5) is 3.11. The van der Waals surface area contributed by atoms with Crippen molar-refractivity contribution in [2.24, 2.45) is 0 Å². The fourth-order valence-electron chi connectivity index (χ4n) is 2.05. The lowest BCUT2D eigenvalue weighted by molar-refractivity contribution is 0.360. The van der Waals surface area contributed by atoms with E-state index < -0.39 is 0 Å². The van der Waals surface area contributed by atoms with Crippen LogP contribution < -0.4 is 4.74 Å². The molecule has 3 heteroatoms. The zero-order valence-corrected chi connectivity index (χ0v) is 7.86. The summed E-state index contributed by atoms with van der Waals surface area (Å²) in [6.07, 6.45) is 0.682. The number of rotatable bonds is 0. The number of ether oxygens (including phenoxy) is 1. The summed E-state index contributed by atoms with van der Waals surface area (Å²) in [5.41, 5.74) is 2.57. The van der Waals surface area contributed by atoms with Crippen LogP contribution in [0.1, 0.15) is 11.3 Å². The molecule has 1 aromatic heterocycles. The maximum atomic E-state index is 13.5. The van der Waals surface area contributed by atoms with Crippen LogP contribution in [0.2, 0.25) is 0 Å². The van der Waals surface area contributed by atoms with Gasteiger partial charge in [0, 0.05) is 23.1 Å². The van der Waals surface area contributed by atoms with Crippen LogP contribution in [-0.2, 0) is 6.42 Å². The van der Waals surface area contributed by atoms with Gasteiger partial charge in [-0.05, 0) is 19.1 Å². The van der Waals surface area contributed by atoms with Gasteiger partial charge < -0.3 is 9.72 Å². The van der Waals surface area contributed by atoms with Gasteiger partial charge in [-0.3, -0.25) is 0 Å². The van der Waals surface area contributed by atoms with Crippen molar-refractivity contribution >= 4 is 10.9 Å². The zero-order chi connectivity index (χ0) is 9.71. The molecule has 0 radical (unpaired) electrons. The van der Waals surface area contributed by atoms with E-state index in [1.807, 2.05) is 13.0 Å². The van der Waals surface area contributed by atoms with E-state index in [1.54, 1.807) is 6.07 Å². The Morgan fingerprint density at radius 2 is 2.29 bits per heavy atom. The van der Waals surface area contributed by atoms with Gasteiger partial charge >= 0.3 is 0 Å². The van der Waals surface area contributed by atoms with E-state index in [9.17, 15) is 4.39 Å². The third-order valence-corrected chi connectivity index (χ3v) is 2.66. The lowest BCUT2D eigenvalue weighted by atomic mass is 10.1. The Bertz CT molecular complexity index is 515. The van der Waals surface area contributed by atoms with Crippen molar-refractivity contribution in [2.45, 2.75) is 13.3 Å². The summed E-state index contributed by atoms with van der Waals surface area (Å²) in [5.74, 6) is 0.566. The summed E-state index contributed by atoms with van der Waals surface area (Å²) >= 11 is 0. The predicted octanol–water partition coefficient (Wildman–Crippen LogP) is 2.55. The Labute approximate surface area is 80.7 Å². The standard InChI is InChI=1S/C11H10FNO/c1-6-4-8-10(13-6)5-9(12)7-2-3-14-11(7)8/h4-5,13H,2-3H2,1H3. The Kier molecular flexibility index (Phi) is 1.40. The summed E-state index contributed by atoms with van der Waals surface area (Å²) in [6.45, 7) is 2.55. The molecule has 0 aliphatic carbocycles. The quantitative estimate of drug-likeness (QED) is 0.680. The van der Waals surface area contributed by atoms with Crippen molar-refractivity contribution in [1.29, 1.82) is 0 Å². The highest BCUT2D eigenvalue weighted by atomic mass is 19.1. The number of aromatic nitrogens is 1. The largest absolute Gasteiger partial charge is 0.492 e. The first-order chi connectivity index (χ1) is 6.75. The molecule has 2 aromatic rings. The van der Waals surface area contributed by atoms with Crippen molar-refractivity contribution in [1.82, 2.24) is 4.98 Å². The Balaban J connectivity index is 2.45. The molecule has 0 saturated carbocycles. The van der Waals surface area contributed by atoms with Gasteiger partial charge in [-0.1, -0.05) is 0 Å². The summed E-state index contributed by atoms with van der Waals surface area (Å²) in [6, 6.07) is 3.55. The van der Waals surface area contributed by atoms with Gasteiger partial charge in [-0.2, -0.15) is 0 Å². The van der Waals surface area contributed by atoms with Crippen molar-refractivity contribution in [3.05, 3.63) is 29.2 Å². The molecule has 2 nitrogen and oxygen atoms in total. The lowest BCUT2D eigenvalue weighted by Gasteiger charge is -2.01. The van der Waals surface area contributed by atoms with E-state index in [4.69, 9.17) is 4.74 Å². The first kappa shape index (κ1) is 7.85. The molecule has 1 aromatic carbocycles. The van der Waals surface area contributed by atoms with Gasteiger partial charge in [0.15, 0.2) is 0 Å². The minimum atomic E-state index is -0.160. The normalized spacial score (nSPS) is 14.4. The van der Waals surface area contributed by atoms with Crippen LogP contribution in [0.4, 0.5) is 4.39 Å². The van der Waals surface area contributed by atoms with Crippen LogP contribution in [0, 0.1) is 12.7 Å². The van der Waals surface area contributed by atoms with Gasteiger partial charge in [0.2, 0.25) is 0 Å². The molecule has 3 rings (SSSR count). The predicted molar refractivity (Wildman–Crippen MR) is 52.2 cm³/mol. The molecule has 1 N–H and O–H groups in total. The third kappa shape index (κ3) is 0.895. The second kappa shape index (κ2) is 2.50. The van der Waals surface area contributed by atoms with Crippen LogP contribution in [0.25, 0.3) is 10.9 Å². The third-order valence-electron chi connectivity index (χ3n) is 2.66. The maximum Gasteiger partial charge on any atom is 0.134 e. The Morgan fingerprint density at radius 3 is 3.14 bits per heavy atom. The minimum absolute atomic E-state index is 0.160. The Hall–Kier alpha value is -1.51. The van der Waals surface area contributed by atoms with E-state index in [0.29, 0.717) is 13.0 Å². The number of benzene rings is 1. The number of aryl methyl sites for hydroxylation is 1. The topological polar surface area (TPSA) is 25.0 Å². The van der Waals surface area contributed by atoms with Crippen LogP contribution >= 0.6 is 0 Å². The fourth-order valence-corrected chi connectivity index (χ4v) is 2.05. The number of halogens is 1. The second-order valence-electron chi connectivity index (χ2n) is 3.68. The molecule has 14 heavy (non-hydrogen) atoms. The maximum absolute atomic E-state index is 13.5. The average Bonchev–Trinajstić information content (AvgIpc) is 2.69. The number of hydrogen-bond acceptors (Lipinski definition) is 1. The number of fused-ring (bicyclic) bond motifs is 3. The molecule has 0 bridgehead atoms. The van der Waals surface area contributed by atoms with E-state index in [1.165, 1.54) is 0 Å². The molecule has 0 saturated heterocycles. The van der Waals surface area contributed by atoms with Gasteiger partial charge in [0.1, 0.15) is 11.6 Å². The number of nitrogens with one attached hydrogen (secondary N) is 1. The summed E-state index contributed by atoms with van der Waals surface area (Å²) in [5, 5.41) is 0.997. The minimum Gasteiger partial charge on any atom is -0.492 e. The van der Waals surface area contributed by atoms with E-state index in [2.05, 4.69) is 4.98 Å². The van der Waals surface area contributed by atoms with Crippen LogP contribution in [0.15, 0.2) is 12.1 Å². The molecule has 0 spiro atoms. The van der Waals surface area contributed by atoms with E-state index >= 15 is 0 Å². The molecule has 0 fully saturated rings. The SMILES string of the molecule is Cc1cc2c3c(c(F)cc2[nH]1)CCO3. The van der Waals surface area contributed by atoms with Crippen LogP contribution in [0.3, 0.4) is 0 Å². The number of aromatic amines is 1. The second-order valence-corrected chi connectivity index (χ2v) is 3.68. The molecular formula is C11H10FNO. The van der Waals surface area contributed by atoms with Crippen molar-refractivity contribution in [3.8, 4) is 5.75 Å². The highest BCUT2D eigenvalue weighted by Gasteiger charge is 2.20. The molecule has 0 amide bonds. The summed E-state index contributed by atoms with van der Waals surface area (Å²) in [7, 11) is 0. The molecule has 2 heterocycles. The Morgan fingerprint density at radius 1 is 1.43 bits per heavy atom. The van der Waals surface area contributed by atoms with Gasteiger partial charge in [0.25, 0.3) is 0 Å². The van der Waals surface area contributed by atoms with Crippen molar-refractivity contribution < 1.29 is 9.13 Å². The molecule has 1 aliphatic rings. The fraction of sp³-hybridized carbons (Fsp3) is 0.273. The highest BCUT2D eigenvalue weighted by Crippen LogP contribution is 2.36. The van der Waals surface area contributed by atoms with Crippen LogP contribution in [0.5, 0.6) is 5.75 Å². The summed E-state index contributed by atoms with van der Waals surface area (Å²) < 4.78 is 19.0. The lowest BCUT2D eigenvalue weighted by Crippen LogP contribution is -1.86. The van der Waals surface area contributed by atoms with Gasteiger partial charge in [0.05, 0.1) is 12.1 Å². The number of hydrogen-bond donors (Lipinski definition) is 1. The monoisotopic (exact) mass is 191 g/mol. The first-order valence-corrected chi connectivity index (χ1v) is 4.69. The van der Waals surface area contributed by atoms with Crippen molar-refractivity contribution in [3.63, 3.8) is 0 Å². The van der Waals surface area contributed by atoms with Crippen LogP contribution in [-0.4, -0.2) is 11.6 Å². The zero-order valence-electron chi connectivity index (χ0n) is 7.86. The van der Waals surface area contributed by atoms with E-state index in [-0.39, 0.29) is 5.82 Å². The molecular weight excluding hydrogens is 181 g/mol. The average molecular weight is 191 g/mol. The smallest absolute Gasteiger partial charge is 0.134 e. The van der Waals surface area contributed by atoms with Gasteiger partial charge in [-0.25, -0.2) is 4.39 Å². The molecule has 72 valence electrons. The molecule has 0 atom stereocenters. The first-order valence-electron chi connectivity index (χ1n) is 4.69. The number of H-pyrrole nitrogens is 1.